The first-order valence-electron chi connectivity index (χ1n) is 11.5. The second-order valence-electron chi connectivity index (χ2n) is 8.20. The van der Waals surface area contributed by atoms with Crippen molar-refractivity contribution in [2.24, 2.45) is 0 Å². The van der Waals surface area contributed by atoms with Gasteiger partial charge in [-0.25, -0.2) is 9.97 Å². The number of hydrogen-bond acceptors (Lipinski definition) is 9. The van der Waals surface area contributed by atoms with Gasteiger partial charge in [0.25, 0.3) is 5.91 Å². The topological polar surface area (TPSA) is 101 Å². The first kappa shape index (κ1) is 25.3. The number of rotatable bonds is 7. The largest absolute Gasteiger partial charge is 0.495 e. The van der Waals surface area contributed by atoms with Crippen molar-refractivity contribution in [3.63, 3.8) is 0 Å². The van der Waals surface area contributed by atoms with E-state index in [1.807, 2.05) is 12.1 Å². The Kier molecular flexibility index (Phi) is 7.52. The molecule has 1 aliphatic heterocycles. The van der Waals surface area contributed by atoms with Crippen LogP contribution < -0.4 is 30.3 Å². The molecule has 3 N–H and O–H groups in total. The van der Waals surface area contributed by atoms with Crippen LogP contribution in [0.4, 0.5) is 22.9 Å². The van der Waals surface area contributed by atoms with Gasteiger partial charge in [0.05, 0.1) is 35.7 Å². The van der Waals surface area contributed by atoms with E-state index < -0.39 is 5.91 Å². The molecule has 3 heterocycles. The third-order valence-corrected chi connectivity index (χ3v) is 7.73. The van der Waals surface area contributed by atoms with E-state index in [1.165, 1.54) is 31.9 Å². The molecule has 2 aromatic carbocycles. The predicted octanol–water partition coefficient (Wildman–Crippen LogP) is 5.42. The van der Waals surface area contributed by atoms with Gasteiger partial charge in [-0.3, -0.25) is 4.79 Å². The van der Waals surface area contributed by atoms with Crippen molar-refractivity contribution < 1.29 is 14.3 Å². The van der Waals surface area contributed by atoms with E-state index in [4.69, 9.17) is 32.7 Å². The second kappa shape index (κ2) is 11.0. The number of carbonyl (C=O) groups is 1. The molecular weight excluding hydrogens is 535 g/mol. The molecule has 0 radical (unpaired) electrons. The van der Waals surface area contributed by atoms with Crippen LogP contribution in [-0.2, 0) is 0 Å². The highest BCUT2D eigenvalue weighted by Crippen LogP contribution is 2.44. The van der Waals surface area contributed by atoms with Crippen molar-refractivity contribution in [1.29, 1.82) is 0 Å². The van der Waals surface area contributed by atoms with E-state index in [-0.39, 0.29) is 15.7 Å². The number of thiophene rings is 1. The Morgan fingerprint density at radius 3 is 2.51 bits per heavy atom. The van der Waals surface area contributed by atoms with Gasteiger partial charge in [-0.2, -0.15) is 0 Å². The van der Waals surface area contributed by atoms with Gasteiger partial charge in [0, 0.05) is 49.0 Å². The zero-order valence-electron chi connectivity index (χ0n) is 20.1. The summed E-state index contributed by atoms with van der Waals surface area (Å²) >= 11 is 14.2. The fourth-order valence-corrected chi connectivity index (χ4v) is 5.66. The van der Waals surface area contributed by atoms with Crippen LogP contribution in [0, 0.1) is 0 Å². The molecule has 4 aromatic rings. The van der Waals surface area contributed by atoms with E-state index in [2.05, 4.69) is 43.0 Å². The standard InChI is InChI=1S/C25H24Cl2N6O3S/c1-35-17-11-18(36-2)20(27)22(19(17)26)32-25(34)16-12-37-23-21(16)29-13-30-24(23)31-14-4-3-5-15(10-14)33-8-6-28-7-9-33/h3-5,10-13,28H,6-9H2,1-2H3,(H,32,34)(H,29,30,31). The second-order valence-corrected chi connectivity index (χ2v) is 9.84. The molecule has 0 aliphatic carbocycles. The van der Waals surface area contributed by atoms with Crippen molar-refractivity contribution in [2.75, 3.05) is 55.9 Å². The lowest BCUT2D eigenvalue weighted by atomic mass is 10.2. The van der Waals surface area contributed by atoms with Gasteiger partial charge in [-0.1, -0.05) is 29.3 Å². The van der Waals surface area contributed by atoms with Gasteiger partial charge in [0.2, 0.25) is 0 Å². The fraction of sp³-hybridized carbons (Fsp3) is 0.240. The van der Waals surface area contributed by atoms with Crippen molar-refractivity contribution in [1.82, 2.24) is 15.3 Å². The van der Waals surface area contributed by atoms with Crippen molar-refractivity contribution in [2.45, 2.75) is 0 Å². The number of amides is 1. The number of fused-ring (bicyclic) bond motifs is 1. The van der Waals surface area contributed by atoms with Crippen molar-refractivity contribution in [3.05, 3.63) is 57.6 Å². The highest BCUT2D eigenvalue weighted by molar-refractivity contribution is 7.18. The summed E-state index contributed by atoms with van der Waals surface area (Å²) in [5.41, 5.74) is 3.12. The van der Waals surface area contributed by atoms with Crippen LogP contribution in [0.3, 0.4) is 0 Å². The average Bonchev–Trinajstić information content (AvgIpc) is 3.37. The molecule has 2 aromatic heterocycles. The lowest BCUT2D eigenvalue weighted by molar-refractivity contribution is 0.102. The van der Waals surface area contributed by atoms with E-state index in [0.717, 1.165) is 42.3 Å². The van der Waals surface area contributed by atoms with Crippen molar-refractivity contribution >= 4 is 73.5 Å². The first-order chi connectivity index (χ1) is 18.0. The number of carbonyl (C=O) groups excluding carboxylic acids is 1. The minimum Gasteiger partial charge on any atom is -0.495 e. The van der Waals surface area contributed by atoms with Crippen LogP contribution in [-0.4, -0.2) is 56.3 Å². The number of ether oxygens (including phenoxy) is 2. The summed E-state index contributed by atoms with van der Waals surface area (Å²) in [5.74, 6) is 0.844. The molecule has 5 rings (SSSR count). The zero-order valence-corrected chi connectivity index (χ0v) is 22.4. The Labute approximate surface area is 227 Å². The average molecular weight is 559 g/mol. The molecule has 12 heteroatoms. The number of aromatic nitrogens is 2. The maximum atomic E-state index is 13.3. The fourth-order valence-electron chi connectivity index (χ4n) is 4.12. The number of nitrogens with one attached hydrogen (secondary N) is 3. The lowest BCUT2D eigenvalue weighted by Crippen LogP contribution is -2.43. The quantitative estimate of drug-likeness (QED) is 0.276. The van der Waals surface area contributed by atoms with Crippen LogP contribution in [0.1, 0.15) is 10.4 Å². The van der Waals surface area contributed by atoms with Gasteiger partial charge in [0.15, 0.2) is 5.82 Å². The molecule has 0 unspecified atom stereocenters. The normalized spacial score (nSPS) is 13.5. The molecule has 1 aliphatic rings. The van der Waals surface area contributed by atoms with E-state index in [0.29, 0.717) is 28.4 Å². The molecule has 0 saturated carbocycles. The van der Waals surface area contributed by atoms with Gasteiger partial charge in [0.1, 0.15) is 27.9 Å². The highest BCUT2D eigenvalue weighted by Gasteiger charge is 2.22. The maximum Gasteiger partial charge on any atom is 0.258 e. The molecular formula is C25H24Cl2N6O3S. The Morgan fingerprint density at radius 1 is 1.08 bits per heavy atom. The highest BCUT2D eigenvalue weighted by atomic mass is 35.5. The molecule has 37 heavy (non-hydrogen) atoms. The Hall–Kier alpha value is -3.31. The number of methoxy groups -OCH3 is 2. The number of anilines is 4. The van der Waals surface area contributed by atoms with Crippen molar-refractivity contribution in [3.8, 4) is 11.5 Å². The lowest BCUT2D eigenvalue weighted by Gasteiger charge is -2.29. The van der Waals surface area contributed by atoms with Crippen LogP contribution in [0.2, 0.25) is 10.0 Å². The third kappa shape index (κ3) is 5.10. The van der Waals surface area contributed by atoms with Gasteiger partial charge < -0.3 is 30.3 Å². The number of piperazine rings is 1. The summed E-state index contributed by atoms with van der Waals surface area (Å²) in [6, 6.07) is 9.76. The van der Waals surface area contributed by atoms with Crippen LogP contribution in [0.15, 0.2) is 42.0 Å². The number of benzene rings is 2. The summed E-state index contributed by atoms with van der Waals surface area (Å²) in [7, 11) is 2.94. The Morgan fingerprint density at radius 2 is 1.81 bits per heavy atom. The SMILES string of the molecule is COc1cc(OC)c(Cl)c(NC(=O)c2csc3c(Nc4cccc(N5CCNCC5)c4)ncnc23)c1Cl. The molecule has 1 fully saturated rings. The van der Waals surface area contributed by atoms with Gasteiger partial charge in [-0.15, -0.1) is 11.3 Å². The van der Waals surface area contributed by atoms with E-state index in [9.17, 15) is 4.79 Å². The molecule has 9 nitrogen and oxygen atoms in total. The van der Waals surface area contributed by atoms with Gasteiger partial charge >= 0.3 is 0 Å². The molecule has 0 spiro atoms. The molecule has 0 bridgehead atoms. The minimum absolute atomic E-state index is 0.169. The van der Waals surface area contributed by atoms with Gasteiger partial charge in [-0.05, 0) is 18.2 Å². The predicted molar refractivity (Wildman–Crippen MR) is 150 cm³/mol. The van der Waals surface area contributed by atoms with E-state index >= 15 is 0 Å². The number of nitrogens with zero attached hydrogens (tertiary/aromatic N) is 3. The monoisotopic (exact) mass is 558 g/mol. The molecule has 1 saturated heterocycles. The smallest absolute Gasteiger partial charge is 0.258 e. The van der Waals surface area contributed by atoms with Crippen LogP contribution in [0.25, 0.3) is 10.2 Å². The number of halogens is 2. The number of hydrogen-bond donors (Lipinski definition) is 3. The minimum atomic E-state index is -0.421. The zero-order chi connectivity index (χ0) is 25.9. The molecule has 1 amide bonds. The van der Waals surface area contributed by atoms with Crippen LogP contribution >= 0.6 is 34.5 Å². The molecule has 0 atom stereocenters. The van der Waals surface area contributed by atoms with Crippen LogP contribution in [0.5, 0.6) is 11.5 Å². The Balaban J connectivity index is 1.42. The first-order valence-corrected chi connectivity index (χ1v) is 13.1. The summed E-state index contributed by atoms with van der Waals surface area (Å²) < 4.78 is 11.3. The maximum absolute atomic E-state index is 13.3. The molecule has 192 valence electrons. The summed E-state index contributed by atoms with van der Waals surface area (Å²) in [6.45, 7) is 3.84. The Bertz CT molecular complexity index is 1430. The summed E-state index contributed by atoms with van der Waals surface area (Å²) in [4.78, 5) is 24.4. The third-order valence-electron chi connectivity index (χ3n) is 6.00. The summed E-state index contributed by atoms with van der Waals surface area (Å²) in [5, 5.41) is 11.6. The summed E-state index contributed by atoms with van der Waals surface area (Å²) in [6.07, 6.45) is 1.43. The van der Waals surface area contributed by atoms with E-state index in [1.54, 1.807) is 11.4 Å².